The molecule has 0 radical (unpaired) electrons. The van der Waals surface area contributed by atoms with Gasteiger partial charge < -0.3 is 25.3 Å². The predicted molar refractivity (Wildman–Crippen MR) is 207 cm³/mol. The van der Waals surface area contributed by atoms with Crippen molar-refractivity contribution in [3.05, 3.63) is 99.1 Å². The van der Waals surface area contributed by atoms with Gasteiger partial charge in [-0.2, -0.15) is 0 Å². The quantitative estimate of drug-likeness (QED) is 0.123. The maximum atomic E-state index is 14.9. The van der Waals surface area contributed by atoms with Crippen LogP contribution in [0.5, 0.6) is 0 Å². The molecule has 3 heterocycles. The molecule has 50 heavy (non-hydrogen) atoms. The third kappa shape index (κ3) is 8.60. The predicted octanol–water partition coefficient (Wildman–Crippen LogP) is 7.34. The molecule has 2 atom stereocenters. The number of nitrogens with zero attached hydrogens (tertiary/aromatic N) is 3. The molecule has 3 N–H and O–H groups in total. The standard InChI is InChI=1S/C39H47BrClN5O3S/c1-28-6-13-32(14-7-28)50-39(38(48)43-17-5-18-44-20-22-49-23-21-44)25-36(47)46(26-29-8-10-30(40)11-9-29)37(39)34-27-45(19-4-2-3-16-42)35-24-31(41)12-15-33(34)35/h6-15,24,27,37H,2-5,16-23,25-26,42H2,1H3,(H,43,48)/t37-,39-/m0/s1. The van der Waals surface area contributed by atoms with Gasteiger partial charge in [0.15, 0.2) is 0 Å². The molecule has 2 fully saturated rings. The lowest BCUT2D eigenvalue weighted by Crippen LogP contribution is -2.48. The van der Waals surface area contributed by atoms with Crippen LogP contribution in [-0.2, 0) is 27.4 Å². The van der Waals surface area contributed by atoms with E-state index in [1.165, 1.54) is 11.8 Å². The van der Waals surface area contributed by atoms with Gasteiger partial charge in [0.1, 0.15) is 4.75 Å². The van der Waals surface area contributed by atoms with E-state index in [1.54, 1.807) is 0 Å². The van der Waals surface area contributed by atoms with Crippen molar-refractivity contribution in [2.45, 2.75) is 67.8 Å². The summed E-state index contributed by atoms with van der Waals surface area (Å²) < 4.78 is 7.61. The number of amides is 2. The van der Waals surface area contributed by atoms with E-state index in [9.17, 15) is 9.59 Å². The van der Waals surface area contributed by atoms with Gasteiger partial charge in [0, 0.05) is 69.8 Å². The molecule has 0 bridgehead atoms. The van der Waals surface area contributed by atoms with Crippen molar-refractivity contribution >= 4 is 62.0 Å². The number of carbonyl (C=O) groups is 2. The zero-order chi connectivity index (χ0) is 35.1. The smallest absolute Gasteiger partial charge is 0.239 e. The molecule has 2 amide bonds. The van der Waals surface area contributed by atoms with Crippen LogP contribution < -0.4 is 11.1 Å². The highest BCUT2D eigenvalue weighted by molar-refractivity contribution is 9.10. The van der Waals surface area contributed by atoms with Crippen LogP contribution in [0.25, 0.3) is 10.9 Å². The van der Waals surface area contributed by atoms with E-state index in [2.05, 4.69) is 68.1 Å². The van der Waals surface area contributed by atoms with Crippen LogP contribution in [0, 0.1) is 6.92 Å². The fourth-order valence-electron chi connectivity index (χ4n) is 7.14. The fraction of sp³-hybridized carbons (Fsp3) is 0.436. The number of fused-ring (bicyclic) bond motifs is 1. The van der Waals surface area contributed by atoms with Crippen LogP contribution >= 0.6 is 39.3 Å². The molecular weight excluding hydrogens is 734 g/mol. The molecule has 2 saturated heterocycles. The Morgan fingerprint density at radius 1 is 1.02 bits per heavy atom. The van der Waals surface area contributed by atoms with Crippen molar-refractivity contribution in [2.75, 3.05) is 45.9 Å². The summed E-state index contributed by atoms with van der Waals surface area (Å²) in [5.74, 6) is -0.154. The minimum absolute atomic E-state index is 0.0428. The number of morpholine rings is 1. The van der Waals surface area contributed by atoms with Crippen molar-refractivity contribution in [3.63, 3.8) is 0 Å². The Balaban J connectivity index is 1.43. The van der Waals surface area contributed by atoms with Crippen LogP contribution in [0.15, 0.2) is 82.3 Å². The third-order valence-corrected chi connectivity index (χ3v) is 12.0. The monoisotopic (exact) mass is 779 g/mol. The minimum atomic E-state index is -1.13. The maximum Gasteiger partial charge on any atom is 0.239 e. The van der Waals surface area contributed by atoms with Gasteiger partial charge in [-0.05, 0) is 81.2 Å². The average Bonchev–Trinajstić information content (AvgIpc) is 3.60. The first-order valence-electron chi connectivity index (χ1n) is 17.6. The largest absolute Gasteiger partial charge is 0.379 e. The van der Waals surface area contributed by atoms with Gasteiger partial charge in [-0.25, -0.2) is 0 Å². The summed E-state index contributed by atoms with van der Waals surface area (Å²) in [7, 11) is 0. The molecular formula is C39H47BrClN5O3S. The molecule has 0 unspecified atom stereocenters. The Kier molecular flexibility index (Phi) is 12.6. The lowest BCUT2D eigenvalue weighted by Gasteiger charge is -2.36. The van der Waals surface area contributed by atoms with Crippen molar-refractivity contribution in [3.8, 4) is 0 Å². The number of thioether (sulfide) groups is 1. The number of nitrogens with one attached hydrogen (secondary N) is 1. The highest BCUT2D eigenvalue weighted by atomic mass is 79.9. The van der Waals surface area contributed by atoms with Gasteiger partial charge in [-0.1, -0.05) is 69.8 Å². The molecule has 2 aliphatic heterocycles. The Hall–Kier alpha value is -2.86. The van der Waals surface area contributed by atoms with Gasteiger partial charge in [0.2, 0.25) is 11.8 Å². The Bertz CT molecular complexity index is 1760. The van der Waals surface area contributed by atoms with Crippen molar-refractivity contribution in [2.24, 2.45) is 5.73 Å². The van der Waals surface area contributed by atoms with Crippen molar-refractivity contribution < 1.29 is 14.3 Å². The molecule has 4 aromatic rings. The van der Waals surface area contributed by atoms with Crippen LogP contribution in [0.2, 0.25) is 5.02 Å². The summed E-state index contributed by atoms with van der Waals surface area (Å²) in [5, 5.41) is 4.97. The first kappa shape index (κ1) is 36.9. The molecule has 266 valence electrons. The van der Waals surface area contributed by atoms with Crippen LogP contribution in [0.3, 0.4) is 0 Å². The second-order valence-electron chi connectivity index (χ2n) is 13.4. The number of carbonyl (C=O) groups excluding carboxylic acids is 2. The third-order valence-electron chi connectivity index (χ3n) is 9.77. The minimum Gasteiger partial charge on any atom is -0.379 e. The summed E-state index contributed by atoms with van der Waals surface area (Å²) in [6.07, 6.45) is 6.01. The van der Waals surface area contributed by atoms with Crippen molar-refractivity contribution in [1.82, 2.24) is 19.7 Å². The maximum absolute atomic E-state index is 14.9. The number of halogens is 2. The molecule has 1 aromatic heterocycles. The SMILES string of the molecule is Cc1ccc(S[C@@]2(C(=O)NCCCN3CCOCC3)CC(=O)N(Cc3ccc(Br)cc3)[C@H]2c2cn(CCCCCN)c3cc(Cl)ccc23)cc1. The highest BCUT2D eigenvalue weighted by Crippen LogP contribution is 2.54. The first-order chi connectivity index (χ1) is 24.3. The van der Waals surface area contributed by atoms with E-state index in [4.69, 9.17) is 22.1 Å². The molecule has 3 aromatic carbocycles. The summed E-state index contributed by atoms with van der Waals surface area (Å²) in [6, 6.07) is 21.7. The highest BCUT2D eigenvalue weighted by Gasteiger charge is 2.58. The lowest BCUT2D eigenvalue weighted by molar-refractivity contribution is -0.129. The lowest BCUT2D eigenvalue weighted by atomic mass is 9.91. The van der Waals surface area contributed by atoms with Gasteiger partial charge in [0.25, 0.3) is 0 Å². The van der Waals surface area contributed by atoms with Gasteiger partial charge in [-0.15, -0.1) is 11.8 Å². The number of hydrogen-bond acceptors (Lipinski definition) is 6. The fourth-order valence-corrected chi connectivity index (χ4v) is 8.99. The zero-order valence-electron chi connectivity index (χ0n) is 28.7. The van der Waals surface area contributed by atoms with Crippen LogP contribution in [0.4, 0.5) is 0 Å². The number of nitrogens with two attached hydrogens (primary N) is 1. The molecule has 2 aliphatic rings. The molecule has 0 spiro atoms. The molecule has 8 nitrogen and oxygen atoms in total. The zero-order valence-corrected chi connectivity index (χ0v) is 31.9. The number of ether oxygens (including phenoxy) is 1. The van der Waals surface area contributed by atoms with E-state index in [-0.39, 0.29) is 18.2 Å². The number of unbranched alkanes of at least 4 members (excludes halogenated alkanes) is 2. The Labute approximate surface area is 313 Å². The molecule has 11 heteroatoms. The van der Waals surface area contributed by atoms with Gasteiger partial charge in [0.05, 0.1) is 25.7 Å². The second-order valence-corrected chi connectivity index (χ2v) is 16.1. The summed E-state index contributed by atoms with van der Waals surface area (Å²) in [6.45, 7) is 8.60. The first-order valence-corrected chi connectivity index (χ1v) is 19.6. The molecule has 0 saturated carbocycles. The molecule has 0 aliphatic carbocycles. The summed E-state index contributed by atoms with van der Waals surface area (Å²) >= 11 is 11.7. The molecule has 6 rings (SSSR count). The van der Waals surface area contributed by atoms with E-state index < -0.39 is 10.8 Å². The normalized spacial score (nSPS) is 19.8. The number of hydrogen-bond donors (Lipinski definition) is 2. The van der Waals surface area contributed by atoms with E-state index in [1.807, 2.05) is 47.4 Å². The number of aryl methyl sites for hydroxylation is 2. The van der Waals surface area contributed by atoms with Gasteiger partial charge in [-0.3, -0.25) is 14.5 Å². The number of likely N-dealkylation sites (tertiary alicyclic amines) is 1. The van der Waals surface area contributed by atoms with Crippen LogP contribution in [-0.4, -0.2) is 76.9 Å². The van der Waals surface area contributed by atoms with E-state index in [0.717, 1.165) is 102 Å². The van der Waals surface area contributed by atoms with Gasteiger partial charge >= 0.3 is 0 Å². The number of rotatable bonds is 15. The van der Waals surface area contributed by atoms with E-state index >= 15 is 0 Å². The summed E-state index contributed by atoms with van der Waals surface area (Å²) in [4.78, 5) is 34.6. The summed E-state index contributed by atoms with van der Waals surface area (Å²) in [5.41, 5.74) is 9.91. The second kappa shape index (κ2) is 17.1. The average molecular weight is 781 g/mol. The van der Waals surface area contributed by atoms with Crippen LogP contribution in [0.1, 0.15) is 54.8 Å². The van der Waals surface area contributed by atoms with Crippen molar-refractivity contribution in [1.29, 1.82) is 0 Å². The van der Waals surface area contributed by atoms with E-state index in [0.29, 0.717) is 24.7 Å². The number of aromatic nitrogens is 1. The Morgan fingerprint density at radius 2 is 1.78 bits per heavy atom. The Morgan fingerprint density at radius 3 is 2.52 bits per heavy atom. The topological polar surface area (TPSA) is 92.8 Å². The number of benzene rings is 3.